The van der Waals surface area contributed by atoms with E-state index in [1.807, 2.05) is 39.4 Å². The van der Waals surface area contributed by atoms with Crippen LogP contribution in [0, 0.1) is 0 Å². The molecule has 0 aliphatic carbocycles. The molecule has 0 radical (unpaired) electrons. The van der Waals surface area contributed by atoms with Crippen LogP contribution in [-0.2, 0) is 32.7 Å². The van der Waals surface area contributed by atoms with E-state index in [1.165, 1.54) is 0 Å². The van der Waals surface area contributed by atoms with E-state index in [1.54, 1.807) is 0 Å². The monoisotopic (exact) mass is 853 g/mol. The molecule has 336 valence electrons. The predicted molar refractivity (Wildman–Crippen MR) is 251 cm³/mol. The average Bonchev–Trinajstić information content (AvgIpc) is 3.20. The first-order chi connectivity index (χ1) is 29.0. The molecule has 0 saturated heterocycles. The smallest absolute Gasteiger partial charge is 0.462 e. The van der Waals surface area contributed by atoms with Gasteiger partial charge in [-0.3, -0.25) is 18.6 Å². The first-order valence-electron chi connectivity index (χ1n) is 21.9. The minimum absolute atomic E-state index is 0.000559. The van der Waals surface area contributed by atoms with Gasteiger partial charge in [0.15, 0.2) is 6.10 Å². The summed E-state index contributed by atoms with van der Waals surface area (Å²) in [6.45, 7) is 4.00. The Bertz CT molecular complexity index is 1470. The van der Waals surface area contributed by atoms with Crippen molar-refractivity contribution >= 4 is 19.8 Å². The Hall–Kier alpha value is -3.85. The summed E-state index contributed by atoms with van der Waals surface area (Å²) in [5, 5.41) is 0. The molecule has 10 heteroatoms. The van der Waals surface area contributed by atoms with Crippen molar-refractivity contribution in [1.29, 1.82) is 0 Å². The fourth-order valence-electron chi connectivity index (χ4n) is 4.84. The maximum atomic E-state index is 12.7. The van der Waals surface area contributed by atoms with Crippen LogP contribution in [0.25, 0.3) is 0 Å². The molecule has 0 fully saturated rings. The number of carbonyl (C=O) groups excluding carboxylic acids is 2. The molecule has 0 aromatic heterocycles. The first kappa shape index (κ1) is 56.1. The number of likely N-dealkylation sites (N-methyl/N-ethyl adjacent to an activating group) is 1. The summed E-state index contributed by atoms with van der Waals surface area (Å²) in [6.07, 6.45) is 58.1. The van der Waals surface area contributed by atoms with Gasteiger partial charge in [0.25, 0.3) is 0 Å². The maximum Gasteiger partial charge on any atom is 0.472 e. The second-order valence-electron chi connectivity index (χ2n) is 15.0. The zero-order chi connectivity index (χ0) is 44.3. The second kappa shape index (κ2) is 40.6. The van der Waals surface area contributed by atoms with Crippen molar-refractivity contribution in [3.8, 4) is 0 Å². The number of esters is 2. The Kier molecular flexibility index (Phi) is 37.9. The summed E-state index contributed by atoms with van der Waals surface area (Å²) in [5.74, 6) is -0.982. The van der Waals surface area contributed by atoms with Crippen LogP contribution in [0.1, 0.15) is 117 Å². The lowest BCUT2D eigenvalue weighted by molar-refractivity contribution is -0.870. The number of phosphoric ester groups is 1. The number of carbonyl (C=O) groups is 2. The van der Waals surface area contributed by atoms with Gasteiger partial charge in [0, 0.05) is 12.8 Å². The first-order valence-corrected chi connectivity index (χ1v) is 23.4. The minimum Gasteiger partial charge on any atom is -0.462 e. The van der Waals surface area contributed by atoms with Crippen LogP contribution >= 0.6 is 7.82 Å². The summed E-state index contributed by atoms with van der Waals surface area (Å²) >= 11 is 0. The van der Waals surface area contributed by atoms with Gasteiger partial charge in [0.05, 0.1) is 27.7 Å². The minimum atomic E-state index is -4.42. The lowest BCUT2D eigenvalue weighted by atomic mass is 10.2. The molecule has 0 rings (SSSR count). The number of nitrogens with zero attached hydrogens (tertiary/aromatic N) is 1. The summed E-state index contributed by atoms with van der Waals surface area (Å²) < 4.78 is 34.1. The average molecular weight is 853 g/mol. The number of allylic oxidation sites excluding steroid dienone is 22. The predicted octanol–water partition coefficient (Wildman–Crippen LogP) is 12.7. The molecule has 0 amide bonds. The van der Waals surface area contributed by atoms with Crippen molar-refractivity contribution in [2.75, 3.05) is 47.5 Å². The van der Waals surface area contributed by atoms with Gasteiger partial charge in [0.2, 0.25) is 0 Å². The van der Waals surface area contributed by atoms with Gasteiger partial charge >= 0.3 is 19.8 Å². The fourth-order valence-corrected chi connectivity index (χ4v) is 5.58. The van der Waals surface area contributed by atoms with Crippen molar-refractivity contribution in [3.05, 3.63) is 134 Å². The molecule has 0 heterocycles. The molecule has 60 heavy (non-hydrogen) atoms. The SMILES string of the molecule is CC/C=C\C/C=C\C/C=C\C/C=C\C/C=C\C/C=C\CCC(=O)OC(COC(=O)CCC/C=C\C/C=C\C/C=C\C/C=C\C/C=C\CC)COP(=O)(O)OCC[N+](C)(C)C. The number of rotatable bonds is 37. The quantitative estimate of drug-likeness (QED) is 0.0216. The molecule has 0 saturated carbocycles. The van der Waals surface area contributed by atoms with Crippen molar-refractivity contribution in [2.45, 2.75) is 123 Å². The molecular weight excluding hydrogens is 774 g/mol. The van der Waals surface area contributed by atoms with Crippen molar-refractivity contribution in [1.82, 2.24) is 0 Å². The Morgan fingerprint density at radius 3 is 1.30 bits per heavy atom. The van der Waals surface area contributed by atoms with Gasteiger partial charge in [-0.25, -0.2) is 4.57 Å². The Balaban J connectivity index is 4.62. The third kappa shape index (κ3) is 43.7. The van der Waals surface area contributed by atoms with Crippen molar-refractivity contribution in [3.63, 3.8) is 0 Å². The van der Waals surface area contributed by atoms with E-state index in [0.717, 1.165) is 77.0 Å². The highest BCUT2D eigenvalue weighted by Gasteiger charge is 2.27. The van der Waals surface area contributed by atoms with Gasteiger partial charge in [-0.2, -0.15) is 0 Å². The second-order valence-corrected chi connectivity index (χ2v) is 16.4. The van der Waals surface area contributed by atoms with Crippen LogP contribution in [0.5, 0.6) is 0 Å². The Labute approximate surface area is 364 Å². The number of ether oxygens (including phenoxy) is 2. The zero-order valence-corrected chi connectivity index (χ0v) is 38.5. The van der Waals surface area contributed by atoms with Crippen LogP contribution in [0.2, 0.25) is 0 Å². The largest absolute Gasteiger partial charge is 0.472 e. The van der Waals surface area contributed by atoms with E-state index in [9.17, 15) is 19.0 Å². The molecule has 0 bridgehead atoms. The molecule has 0 aromatic carbocycles. The van der Waals surface area contributed by atoms with Gasteiger partial charge in [-0.1, -0.05) is 148 Å². The summed E-state index contributed by atoms with van der Waals surface area (Å²) in [6, 6.07) is 0. The summed E-state index contributed by atoms with van der Waals surface area (Å²) in [4.78, 5) is 35.3. The highest BCUT2D eigenvalue weighted by Crippen LogP contribution is 2.43. The van der Waals surface area contributed by atoms with Crippen LogP contribution in [0.3, 0.4) is 0 Å². The maximum absolute atomic E-state index is 12.7. The third-order valence-corrected chi connectivity index (χ3v) is 9.17. The third-order valence-electron chi connectivity index (χ3n) is 8.19. The lowest BCUT2D eigenvalue weighted by Gasteiger charge is -2.24. The van der Waals surface area contributed by atoms with Crippen LogP contribution in [0.4, 0.5) is 0 Å². The molecule has 1 N–H and O–H groups in total. The van der Waals surface area contributed by atoms with Gasteiger partial charge in [-0.15, -0.1) is 0 Å². The van der Waals surface area contributed by atoms with E-state index in [4.69, 9.17) is 18.5 Å². The van der Waals surface area contributed by atoms with Gasteiger partial charge in [-0.05, 0) is 89.9 Å². The molecular formula is C50H79NO8P+. The van der Waals surface area contributed by atoms with Crippen LogP contribution < -0.4 is 0 Å². The van der Waals surface area contributed by atoms with E-state index in [-0.39, 0.29) is 26.1 Å². The number of quaternary nitrogens is 1. The van der Waals surface area contributed by atoms with Gasteiger partial charge < -0.3 is 18.9 Å². The van der Waals surface area contributed by atoms with Crippen LogP contribution in [0.15, 0.2) is 134 Å². The zero-order valence-electron chi connectivity index (χ0n) is 37.6. The Morgan fingerprint density at radius 2 is 0.900 bits per heavy atom. The fraction of sp³-hybridized carbons (Fsp3) is 0.520. The van der Waals surface area contributed by atoms with Crippen LogP contribution in [-0.4, -0.2) is 74.9 Å². The molecule has 0 aliphatic heterocycles. The lowest BCUT2D eigenvalue weighted by Crippen LogP contribution is -2.37. The van der Waals surface area contributed by atoms with Crippen molar-refractivity contribution in [2.24, 2.45) is 0 Å². The van der Waals surface area contributed by atoms with E-state index in [0.29, 0.717) is 23.9 Å². The molecule has 2 unspecified atom stereocenters. The molecule has 2 atom stereocenters. The highest BCUT2D eigenvalue weighted by atomic mass is 31.2. The number of phosphoric acid groups is 1. The normalized spacial score (nSPS) is 14.8. The topological polar surface area (TPSA) is 108 Å². The molecule has 0 aliphatic rings. The number of unbranched alkanes of at least 4 members (excludes halogenated alkanes) is 1. The number of hydrogen-bond acceptors (Lipinski definition) is 7. The number of hydrogen-bond donors (Lipinski definition) is 1. The summed E-state index contributed by atoms with van der Waals surface area (Å²) in [7, 11) is 1.37. The molecule has 0 aromatic rings. The summed E-state index contributed by atoms with van der Waals surface area (Å²) in [5.41, 5.74) is 0. The standard InChI is InChI=1S/C50H78NO8P/c1-6-8-10-12-14-16-18-20-22-24-25-27-29-31-33-35-37-39-41-43-50(53)59-48(47-58-60(54,55)57-45-44-51(3,4)5)46-56-49(52)42-40-38-36-34-32-30-28-26-23-21-19-17-15-13-11-9-7-2/h8-11,14-17,20-23,25,27-28,30-31,33-34,36-37,39,48H,6-7,12-13,18-19,24,26,29,32,35,38,40-47H2,1-5H3/p+1/b10-8-,11-9-,16-14-,17-15-,22-20-,23-21-,27-25-,30-28-,33-31-,36-34-,39-37-. The van der Waals surface area contributed by atoms with E-state index < -0.39 is 32.5 Å². The van der Waals surface area contributed by atoms with E-state index >= 15 is 0 Å². The van der Waals surface area contributed by atoms with Gasteiger partial charge in [0.1, 0.15) is 19.8 Å². The Morgan fingerprint density at radius 1 is 0.517 bits per heavy atom. The van der Waals surface area contributed by atoms with Crippen molar-refractivity contribution < 1.29 is 42.1 Å². The highest BCUT2D eigenvalue weighted by molar-refractivity contribution is 7.47. The van der Waals surface area contributed by atoms with E-state index in [2.05, 4.69) is 129 Å². The molecule has 0 spiro atoms. The molecule has 9 nitrogen and oxygen atoms in total.